The predicted octanol–water partition coefficient (Wildman–Crippen LogP) is 3.65. The zero-order valence-corrected chi connectivity index (χ0v) is 19.6. The summed E-state index contributed by atoms with van der Waals surface area (Å²) in [4.78, 5) is 27.0. The molecular weight excluding hydrogens is 416 g/mol. The highest BCUT2D eigenvalue weighted by molar-refractivity contribution is 5.73. The van der Waals surface area contributed by atoms with Crippen LogP contribution in [-0.2, 0) is 4.79 Å². The first-order valence-corrected chi connectivity index (χ1v) is 12.6. The molecule has 1 saturated heterocycles. The molecule has 1 atom stereocenters. The Labute approximate surface area is 195 Å². The first-order valence-electron chi connectivity index (χ1n) is 12.6. The number of hydrogen-bond donors (Lipinski definition) is 1. The molecule has 7 nitrogen and oxygen atoms in total. The second-order valence-electron chi connectivity index (χ2n) is 10.0. The Morgan fingerprint density at radius 3 is 2.33 bits per heavy atom. The Kier molecular flexibility index (Phi) is 6.58. The maximum Gasteiger partial charge on any atom is 0.332 e. The van der Waals surface area contributed by atoms with Crippen molar-refractivity contribution in [3.05, 3.63) is 47.1 Å². The van der Waals surface area contributed by atoms with Crippen LogP contribution >= 0.6 is 0 Å². The fourth-order valence-electron chi connectivity index (χ4n) is 5.97. The van der Waals surface area contributed by atoms with Crippen molar-refractivity contribution in [1.82, 2.24) is 19.4 Å². The average molecular weight is 453 g/mol. The molecule has 3 fully saturated rings. The zero-order valence-electron chi connectivity index (χ0n) is 19.6. The number of nitrogens with one attached hydrogen (secondary N) is 1. The highest BCUT2D eigenvalue weighted by Crippen LogP contribution is 2.32. The van der Waals surface area contributed by atoms with Crippen LogP contribution in [0, 0.1) is 0 Å². The minimum absolute atomic E-state index is 0.0369. The van der Waals surface area contributed by atoms with E-state index < -0.39 is 0 Å². The maximum absolute atomic E-state index is 13.2. The van der Waals surface area contributed by atoms with Gasteiger partial charge in [-0.05, 0) is 82.1 Å². The summed E-state index contributed by atoms with van der Waals surface area (Å²) in [5, 5.41) is 3.06. The number of ether oxygens (including phenoxy) is 1. The van der Waals surface area contributed by atoms with Crippen LogP contribution in [0.3, 0.4) is 0 Å². The van der Waals surface area contributed by atoms with Crippen LogP contribution in [0.4, 0.5) is 0 Å². The molecule has 2 heterocycles. The van der Waals surface area contributed by atoms with Gasteiger partial charge in [-0.2, -0.15) is 0 Å². The van der Waals surface area contributed by atoms with Crippen LogP contribution in [0.15, 0.2) is 41.5 Å². The van der Waals surface area contributed by atoms with Gasteiger partial charge in [0.25, 0.3) is 0 Å². The van der Waals surface area contributed by atoms with E-state index in [0.29, 0.717) is 12.1 Å². The molecule has 178 valence electrons. The van der Waals surface area contributed by atoms with Crippen LogP contribution in [0.5, 0.6) is 5.75 Å². The third-order valence-corrected chi connectivity index (χ3v) is 7.73. The van der Waals surface area contributed by atoms with Crippen LogP contribution in [0.25, 0.3) is 5.69 Å². The van der Waals surface area contributed by atoms with Gasteiger partial charge >= 0.3 is 5.69 Å². The molecule has 7 heteroatoms. The number of carbonyl (C=O) groups is 1. The number of hydrogen-bond acceptors (Lipinski definition) is 4. The minimum Gasteiger partial charge on any atom is -0.490 e. The normalized spacial score (nSPS) is 26.5. The summed E-state index contributed by atoms with van der Waals surface area (Å²) in [5.41, 5.74) is 0.919. The van der Waals surface area contributed by atoms with E-state index in [1.165, 1.54) is 12.8 Å². The summed E-state index contributed by atoms with van der Waals surface area (Å²) >= 11 is 0. The number of nitrogens with zero attached hydrogens (tertiary/aromatic N) is 3. The Morgan fingerprint density at radius 1 is 0.939 bits per heavy atom. The van der Waals surface area contributed by atoms with Crippen molar-refractivity contribution in [3.8, 4) is 11.4 Å². The van der Waals surface area contributed by atoms with Crippen molar-refractivity contribution in [1.29, 1.82) is 0 Å². The van der Waals surface area contributed by atoms with Crippen LogP contribution < -0.4 is 15.7 Å². The lowest BCUT2D eigenvalue weighted by Gasteiger charge is -2.34. The molecule has 0 spiro atoms. The molecule has 1 N–H and O–H groups in total. The van der Waals surface area contributed by atoms with E-state index in [4.69, 9.17) is 4.74 Å². The van der Waals surface area contributed by atoms with Crippen molar-refractivity contribution in [2.24, 2.45) is 0 Å². The van der Waals surface area contributed by atoms with Crippen LogP contribution in [-0.4, -0.2) is 51.2 Å². The zero-order chi connectivity index (χ0) is 22.8. The van der Waals surface area contributed by atoms with E-state index in [-0.39, 0.29) is 23.7 Å². The minimum atomic E-state index is 0.0369. The van der Waals surface area contributed by atoms with Gasteiger partial charge in [-0.3, -0.25) is 18.8 Å². The molecule has 2 saturated carbocycles. The van der Waals surface area contributed by atoms with E-state index in [0.717, 1.165) is 69.5 Å². The average Bonchev–Trinajstić information content (AvgIpc) is 3.56. The lowest BCUT2D eigenvalue weighted by atomic mass is 9.90. The van der Waals surface area contributed by atoms with Gasteiger partial charge in [0, 0.05) is 50.5 Å². The van der Waals surface area contributed by atoms with E-state index in [2.05, 4.69) is 10.2 Å². The number of carbonyl (C=O) groups excluding carboxylic acids is 1. The van der Waals surface area contributed by atoms with Gasteiger partial charge in [0.2, 0.25) is 5.91 Å². The van der Waals surface area contributed by atoms with Gasteiger partial charge < -0.3 is 10.1 Å². The lowest BCUT2D eigenvalue weighted by molar-refractivity contribution is -0.119. The molecule has 1 aromatic heterocycles. The Hall–Kier alpha value is -2.54. The van der Waals surface area contributed by atoms with E-state index >= 15 is 0 Å². The SMILES string of the molecule is CC(=O)N[C@@H]1CCN(C2CCC(n3ccn(-c4ccc(OC5CCCC5)cc4)c3=O)CC2)C1. The molecule has 0 bridgehead atoms. The number of amides is 1. The molecule has 1 aliphatic heterocycles. The Bertz CT molecular complexity index is 997. The van der Waals surface area contributed by atoms with Gasteiger partial charge in [0.05, 0.1) is 11.8 Å². The second-order valence-corrected chi connectivity index (χ2v) is 10.0. The van der Waals surface area contributed by atoms with Crippen molar-refractivity contribution >= 4 is 5.91 Å². The summed E-state index contributed by atoms with van der Waals surface area (Å²) in [7, 11) is 0. The van der Waals surface area contributed by atoms with Crippen molar-refractivity contribution in [3.63, 3.8) is 0 Å². The Balaban J connectivity index is 1.18. The molecule has 3 aliphatic rings. The van der Waals surface area contributed by atoms with E-state index in [1.807, 2.05) is 41.2 Å². The highest BCUT2D eigenvalue weighted by Gasteiger charge is 2.32. The van der Waals surface area contributed by atoms with Gasteiger partial charge in [-0.1, -0.05) is 0 Å². The number of imidazole rings is 1. The fraction of sp³-hybridized carbons (Fsp3) is 0.615. The monoisotopic (exact) mass is 452 g/mol. The highest BCUT2D eigenvalue weighted by atomic mass is 16.5. The van der Waals surface area contributed by atoms with Gasteiger partial charge in [0.1, 0.15) is 5.75 Å². The molecule has 2 aromatic rings. The lowest BCUT2D eigenvalue weighted by Crippen LogP contribution is -2.41. The molecule has 2 aliphatic carbocycles. The second kappa shape index (κ2) is 9.75. The first kappa shape index (κ1) is 22.3. The number of aromatic nitrogens is 2. The predicted molar refractivity (Wildman–Crippen MR) is 128 cm³/mol. The Morgan fingerprint density at radius 2 is 1.64 bits per heavy atom. The van der Waals surface area contributed by atoms with Crippen molar-refractivity contribution in [2.75, 3.05) is 13.1 Å². The fourth-order valence-corrected chi connectivity index (χ4v) is 5.97. The standard InChI is InChI=1S/C26H36N4O3/c1-19(31)27-20-14-15-28(18-20)21-6-8-22(9-7-21)29-16-17-30(26(29)32)23-10-12-25(13-11-23)33-24-4-2-3-5-24/h10-13,16-17,20-22,24H,2-9,14-15,18H2,1H3,(H,27,31)/t20-,21?,22?/m1/s1. The van der Waals surface area contributed by atoms with Crippen LogP contribution in [0.2, 0.25) is 0 Å². The molecule has 33 heavy (non-hydrogen) atoms. The topological polar surface area (TPSA) is 68.5 Å². The van der Waals surface area contributed by atoms with E-state index in [9.17, 15) is 9.59 Å². The summed E-state index contributed by atoms with van der Waals surface area (Å²) in [6, 6.07) is 9.02. The molecule has 1 aromatic carbocycles. The summed E-state index contributed by atoms with van der Waals surface area (Å²) in [6.45, 7) is 3.60. The number of benzene rings is 1. The van der Waals surface area contributed by atoms with Crippen molar-refractivity contribution < 1.29 is 9.53 Å². The number of likely N-dealkylation sites (tertiary alicyclic amines) is 1. The summed E-state index contributed by atoms with van der Waals surface area (Å²) < 4.78 is 9.72. The van der Waals surface area contributed by atoms with Crippen molar-refractivity contribution in [2.45, 2.75) is 88.9 Å². The molecule has 5 rings (SSSR count). The molecule has 1 amide bonds. The molecular formula is C26H36N4O3. The van der Waals surface area contributed by atoms with Gasteiger partial charge in [-0.15, -0.1) is 0 Å². The van der Waals surface area contributed by atoms with Crippen LogP contribution in [0.1, 0.15) is 70.8 Å². The first-order chi connectivity index (χ1) is 16.1. The summed E-state index contributed by atoms with van der Waals surface area (Å²) in [5.74, 6) is 0.949. The molecule has 0 radical (unpaired) electrons. The maximum atomic E-state index is 13.2. The number of rotatable bonds is 6. The van der Waals surface area contributed by atoms with Gasteiger partial charge in [-0.25, -0.2) is 4.79 Å². The molecule has 0 unspecified atom stereocenters. The summed E-state index contributed by atoms with van der Waals surface area (Å²) in [6.07, 6.45) is 14.2. The smallest absolute Gasteiger partial charge is 0.332 e. The third kappa shape index (κ3) is 5.03. The van der Waals surface area contributed by atoms with E-state index in [1.54, 1.807) is 11.5 Å². The third-order valence-electron chi connectivity index (χ3n) is 7.73. The quantitative estimate of drug-likeness (QED) is 0.726. The van der Waals surface area contributed by atoms with Gasteiger partial charge in [0.15, 0.2) is 0 Å². The largest absolute Gasteiger partial charge is 0.490 e.